The lowest BCUT2D eigenvalue weighted by Gasteiger charge is -2.42. The number of rotatable bonds is 3. The maximum Gasteiger partial charge on any atom is 0.227 e. The number of nitrogens with zero attached hydrogens (tertiary/aromatic N) is 1. The Hall–Kier alpha value is -2.17. The minimum Gasteiger partial charge on any atom is -0.342 e. The Morgan fingerprint density at radius 1 is 1.13 bits per heavy atom. The number of carbonyl (C=O) groups is 1. The molecule has 1 amide bonds. The molecule has 4 nitrogen and oxygen atoms in total. The molecule has 4 heteroatoms. The van der Waals surface area contributed by atoms with Gasteiger partial charge in [-0.1, -0.05) is 48.5 Å². The molecule has 158 valence electrons. The summed E-state index contributed by atoms with van der Waals surface area (Å²) in [6.07, 6.45) is 5.50. The first-order chi connectivity index (χ1) is 14.7. The smallest absolute Gasteiger partial charge is 0.227 e. The largest absolute Gasteiger partial charge is 0.342 e. The van der Waals surface area contributed by atoms with Crippen LogP contribution in [0.5, 0.6) is 0 Å². The van der Waals surface area contributed by atoms with E-state index in [1.54, 1.807) is 0 Å². The van der Waals surface area contributed by atoms with Crippen LogP contribution in [0, 0.1) is 5.92 Å². The fourth-order valence-electron chi connectivity index (χ4n) is 6.20. The highest BCUT2D eigenvalue weighted by molar-refractivity contribution is 5.82. The average Bonchev–Trinajstić information content (AvgIpc) is 3.23. The van der Waals surface area contributed by atoms with Gasteiger partial charge in [0, 0.05) is 38.1 Å². The Kier molecular flexibility index (Phi) is 5.38. The lowest BCUT2D eigenvalue weighted by molar-refractivity contribution is -0.138. The van der Waals surface area contributed by atoms with Gasteiger partial charge in [-0.2, -0.15) is 0 Å². The lowest BCUT2D eigenvalue weighted by atomic mass is 9.64. The minimum atomic E-state index is -0.0475. The summed E-state index contributed by atoms with van der Waals surface area (Å²) < 4.78 is 0. The van der Waals surface area contributed by atoms with Gasteiger partial charge in [0.15, 0.2) is 0 Å². The van der Waals surface area contributed by atoms with Crippen LogP contribution in [0.4, 0.5) is 0 Å². The number of nitrogens with one attached hydrogen (secondary N) is 1. The third-order valence-corrected chi connectivity index (χ3v) is 7.84. The summed E-state index contributed by atoms with van der Waals surface area (Å²) in [6, 6.07) is 17.5. The highest BCUT2D eigenvalue weighted by atomic mass is 16.2. The molecular formula is C26H33N3O. The molecule has 1 spiro atoms. The highest BCUT2D eigenvalue weighted by Gasteiger charge is 2.51. The van der Waals surface area contributed by atoms with Gasteiger partial charge in [-0.15, -0.1) is 0 Å². The van der Waals surface area contributed by atoms with Gasteiger partial charge in [-0.3, -0.25) is 4.79 Å². The number of hydrogen-bond donors (Lipinski definition) is 2. The van der Waals surface area contributed by atoms with Gasteiger partial charge in [0.1, 0.15) is 0 Å². The molecule has 2 aliphatic heterocycles. The zero-order chi connectivity index (χ0) is 20.6. The van der Waals surface area contributed by atoms with Crippen molar-refractivity contribution >= 4 is 5.91 Å². The van der Waals surface area contributed by atoms with Crippen LogP contribution in [0.25, 0.3) is 0 Å². The van der Waals surface area contributed by atoms with Crippen LogP contribution in [0.2, 0.25) is 0 Å². The number of aryl methyl sites for hydroxylation is 1. The number of carbonyl (C=O) groups excluding carboxylic acids is 1. The van der Waals surface area contributed by atoms with E-state index >= 15 is 0 Å². The predicted octanol–water partition coefficient (Wildman–Crippen LogP) is 3.35. The van der Waals surface area contributed by atoms with E-state index in [0.29, 0.717) is 18.4 Å². The van der Waals surface area contributed by atoms with Crippen LogP contribution in [-0.2, 0) is 23.2 Å². The van der Waals surface area contributed by atoms with Crippen molar-refractivity contribution < 1.29 is 4.79 Å². The molecule has 0 saturated carbocycles. The molecule has 0 bridgehead atoms. The maximum atomic E-state index is 13.7. The second kappa shape index (κ2) is 8.16. The molecule has 2 aromatic rings. The summed E-state index contributed by atoms with van der Waals surface area (Å²) in [7, 11) is 0. The minimum absolute atomic E-state index is 0.0475. The number of fused-ring (bicyclic) bond motifs is 2. The van der Waals surface area contributed by atoms with E-state index in [0.717, 1.165) is 58.3 Å². The van der Waals surface area contributed by atoms with Crippen LogP contribution < -0.4 is 11.1 Å². The van der Waals surface area contributed by atoms with E-state index in [9.17, 15) is 4.79 Å². The molecular weight excluding hydrogens is 370 g/mol. The number of nitrogens with two attached hydrogens (primary N) is 1. The van der Waals surface area contributed by atoms with Gasteiger partial charge in [0.2, 0.25) is 5.91 Å². The first-order valence-electron chi connectivity index (χ1n) is 11.6. The molecule has 3 aliphatic rings. The van der Waals surface area contributed by atoms with Crippen molar-refractivity contribution in [3.8, 4) is 0 Å². The van der Waals surface area contributed by atoms with Gasteiger partial charge in [-0.25, -0.2) is 0 Å². The van der Waals surface area contributed by atoms with Crippen molar-refractivity contribution in [3.05, 3.63) is 70.8 Å². The molecule has 2 aromatic carbocycles. The zero-order valence-electron chi connectivity index (χ0n) is 17.8. The summed E-state index contributed by atoms with van der Waals surface area (Å²) in [6.45, 7) is 4.06. The summed E-state index contributed by atoms with van der Waals surface area (Å²) in [5, 5.41) is 3.58. The number of hydrogen-bond acceptors (Lipinski definition) is 3. The summed E-state index contributed by atoms with van der Waals surface area (Å²) in [4.78, 5) is 15.9. The van der Waals surface area contributed by atoms with E-state index in [1.807, 2.05) is 0 Å². The van der Waals surface area contributed by atoms with Crippen molar-refractivity contribution in [2.45, 2.75) is 50.0 Å². The molecule has 3 N–H and O–H groups in total. The summed E-state index contributed by atoms with van der Waals surface area (Å²) >= 11 is 0. The molecule has 2 fully saturated rings. The van der Waals surface area contributed by atoms with Crippen molar-refractivity contribution in [1.29, 1.82) is 0 Å². The molecule has 2 saturated heterocycles. The van der Waals surface area contributed by atoms with Crippen LogP contribution in [0.1, 0.15) is 53.9 Å². The maximum absolute atomic E-state index is 13.7. The van der Waals surface area contributed by atoms with Crippen molar-refractivity contribution in [1.82, 2.24) is 10.2 Å². The SMILES string of the molecule is NCc1ccc2c(c1)CCC[C@]21CNC[C@H]1C(=O)N1CCC(c2ccccc2)CC1. The van der Waals surface area contributed by atoms with Gasteiger partial charge in [0.25, 0.3) is 0 Å². The summed E-state index contributed by atoms with van der Waals surface area (Å²) in [5.41, 5.74) is 11.3. The monoisotopic (exact) mass is 403 g/mol. The van der Waals surface area contributed by atoms with Gasteiger partial charge >= 0.3 is 0 Å². The summed E-state index contributed by atoms with van der Waals surface area (Å²) in [5.74, 6) is 0.992. The van der Waals surface area contributed by atoms with E-state index in [2.05, 4.69) is 58.7 Å². The van der Waals surface area contributed by atoms with Crippen LogP contribution in [0.15, 0.2) is 48.5 Å². The number of likely N-dealkylation sites (tertiary alicyclic amines) is 1. The Balaban J connectivity index is 1.35. The van der Waals surface area contributed by atoms with Gasteiger partial charge in [-0.05, 0) is 60.3 Å². The Morgan fingerprint density at radius 3 is 2.70 bits per heavy atom. The van der Waals surface area contributed by atoms with E-state index in [4.69, 9.17) is 5.73 Å². The Labute approximate surface area is 179 Å². The third-order valence-electron chi connectivity index (χ3n) is 7.84. The van der Waals surface area contributed by atoms with Crippen molar-refractivity contribution in [2.24, 2.45) is 11.7 Å². The first-order valence-corrected chi connectivity index (χ1v) is 11.6. The standard InChI is InChI=1S/C26H33N3O/c27-16-19-8-9-23-22(15-19)7-4-12-26(23)18-28-17-24(26)25(30)29-13-10-21(11-14-29)20-5-2-1-3-6-20/h1-3,5-6,8-9,15,21,24,28H,4,7,10-14,16-18,27H2/t24-,26-/m0/s1. The lowest BCUT2D eigenvalue weighted by Crippen LogP contribution is -2.49. The second-order valence-electron chi connectivity index (χ2n) is 9.40. The number of piperidine rings is 1. The van der Waals surface area contributed by atoms with Crippen molar-refractivity contribution in [3.63, 3.8) is 0 Å². The van der Waals surface area contributed by atoms with E-state index < -0.39 is 0 Å². The molecule has 2 atom stereocenters. The first kappa shape index (κ1) is 19.8. The molecule has 0 aromatic heterocycles. The average molecular weight is 404 g/mol. The fraction of sp³-hybridized carbons (Fsp3) is 0.500. The molecule has 0 unspecified atom stereocenters. The van der Waals surface area contributed by atoms with Crippen molar-refractivity contribution in [2.75, 3.05) is 26.2 Å². The molecule has 1 aliphatic carbocycles. The molecule has 5 rings (SSSR count). The number of benzene rings is 2. The quantitative estimate of drug-likeness (QED) is 0.826. The van der Waals surface area contributed by atoms with E-state index in [-0.39, 0.29) is 11.3 Å². The highest BCUT2D eigenvalue weighted by Crippen LogP contribution is 2.46. The number of amides is 1. The normalized spacial score (nSPS) is 26.7. The third kappa shape index (κ3) is 3.36. The van der Waals surface area contributed by atoms with Crippen LogP contribution >= 0.6 is 0 Å². The Bertz CT molecular complexity index is 904. The fourth-order valence-corrected chi connectivity index (χ4v) is 6.20. The predicted molar refractivity (Wildman–Crippen MR) is 120 cm³/mol. The Morgan fingerprint density at radius 2 is 1.93 bits per heavy atom. The second-order valence-corrected chi connectivity index (χ2v) is 9.40. The molecule has 0 radical (unpaired) electrons. The zero-order valence-corrected chi connectivity index (χ0v) is 17.8. The van der Waals surface area contributed by atoms with Crippen LogP contribution in [-0.4, -0.2) is 37.0 Å². The van der Waals surface area contributed by atoms with Crippen LogP contribution in [0.3, 0.4) is 0 Å². The topological polar surface area (TPSA) is 58.4 Å². The van der Waals surface area contributed by atoms with Gasteiger partial charge in [0.05, 0.1) is 5.92 Å². The molecule has 2 heterocycles. The molecule has 30 heavy (non-hydrogen) atoms. The van der Waals surface area contributed by atoms with Gasteiger partial charge < -0.3 is 16.0 Å². The van der Waals surface area contributed by atoms with E-state index in [1.165, 1.54) is 22.3 Å².